The molecule has 2 aromatic rings. The Morgan fingerprint density at radius 3 is 2.34 bits per heavy atom. The van der Waals surface area contributed by atoms with Crippen LogP contribution >= 0.6 is 0 Å². The first-order valence-electron chi connectivity index (χ1n) is 10.1. The van der Waals surface area contributed by atoms with E-state index in [0.717, 1.165) is 48.1 Å². The van der Waals surface area contributed by atoms with E-state index in [-0.39, 0.29) is 11.8 Å². The van der Waals surface area contributed by atoms with Crippen molar-refractivity contribution in [1.29, 1.82) is 0 Å². The first-order chi connectivity index (χ1) is 13.9. The smallest absolute Gasteiger partial charge is 0.314 e. The number of carbonyl (C=O) groups excluding carboxylic acids is 3. The van der Waals surface area contributed by atoms with E-state index in [2.05, 4.69) is 10.6 Å². The molecule has 29 heavy (non-hydrogen) atoms. The van der Waals surface area contributed by atoms with Crippen LogP contribution in [0.15, 0.2) is 36.4 Å². The van der Waals surface area contributed by atoms with Gasteiger partial charge in [-0.15, -0.1) is 0 Å². The molecule has 1 aliphatic carbocycles. The summed E-state index contributed by atoms with van der Waals surface area (Å²) < 4.78 is 0. The second kappa shape index (κ2) is 7.70. The average Bonchev–Trinajstić information content (AvgIpc) is 3.55. The molecule has 6 heteroatoms. The summed E-state index contributed by atoms with van der Waals surface area (Å²) in [6.07, 6.45) is 3.76. The number of carbonyl (C=O) groups is 3. The van der Waals surface area contributed by atoms with Crippen LogP contribution < -0.4 is 15.5 Å². The molecular formula is C23H25N3O3. The molecule has 3 amide bonds. The average molecular weight is 391 g/mol. The van der Waals surface area contributed by atoms with Gasteiger partial charge in [-0.1, -0.05) is 24.3 Å². The predicted molar refractivity (Wildman–Crippen MR) is 113 cm³/mol. The SMILES string of the molecule is Cc1cccc(C)c1NC(=O)C(=O)Nc1ccc2c(c1)N(C(=O)C1CC1)CCC2. The number of benzene rings is 2. The lowest BCUT2D eigenvalue weighted by Gasteiger charge is -2.30. The third-order valence-electron chi connectivity index (χ3n) is 5.58. The predicted octanol–water partition coefficient (Wildman–Crippen LogP) is 3.57. The van der Waals surface area contributed by atoms with Crippen molar-refractivity contribution in [3.8, 4) is 0 Å². The number of hydrogen-bond acceptors (Lipinski definition) is 3. The zero-order valence-electron chi connectivity index (χ0n) is 16.7. The summed E-state index contributed by atoms with van der Waals surface area (Å²) in [6.45, 7) is 4.47. The lowest BCUT2D eigenvalue weighted by Crippen LogP contribution is -2.36. The van der Waals surface area contributed by atoms with Crippen molar-refractivity contribution >= 4 is 34.8 Å². The highest BCUT2D eigenvalue weighted by atomic mass is 16.2. The quantitative estimate of drug-likeness (QED) is 0.785. The highest BCUT2D eigenvalue weighted by Crippen LogP contribution is 2.36. The molecule has 2 aromatic carbocycles. The van der Waals surface area contributed by atoms with Crippen LogP contribution in [-0.2, 0) is 20.8 Å². The normalized spacial score (nSPS) is 15.4. The molecule has 1 heterocycles. The van der Waals surface area contributed by atoms with Crippen LogP contribution in [0.25, 0.3) is 0 Å². The number of hydrogen-bond donors (Lipinski definition) is 2. The van der Waals surface area contributed by atoms with Crippen molar-refractivity contribution in [3.05, 3.63) is 53.1 Å². The number of amides is 3. The minimum Gasteiger partial charge on any atom is -0.318 e. The van der Waals surface area contributed by atoms with Gasteiger partial charge in [-0.2, -0.15) is 0 Å². The summed E-state index contributed by atoms with van der Waals surface area (Å²) in [4.78, 5) is 39.3. The summed E-state index contributed by atoms with van der Waals surface area (Å²) in [6, 6.07) is 11.2. The van der Waals surface area contributed by atoms with Crippen LogP contribution in [0.5, 0.6) is 0 Å². The molecule has 4 rings (SSSR count). The molecule has 150 valence electrons. The minimum absolute atomic E-state index is 0.141. The Morgan fingerprint density at radius 2 is 1.66 bits per heavy atom. The molecule has 1 aliphatic heterocycles. The van der Waals surface area contributed by atoms with Gasteiger partial charge in [0.25, 0.3) is 0 Å². The topological polar surface area (TPSA) is 78.5 Å². The van der Waals surface area contributed by atoms with E-state index in [1.54, 1.807) is 12.1 Å². The molecule has 1 fully saturated rings. The summed E-state index contributed by atoms with van der Waals surface area (Å²) in [7, 11) is 0. The van der Waals surface area contributed by atoms with Crippen molar-refractivity contribution in [2.75, 3.05) is 22.1 Å². The molecule has 2 aliphatic rings. The van der Waals surface area contributed by atoms with Gasteiger partial charge in [0.05, 0.1) is 0 Å². The monoisotopic (exact) mass is 391 g/mol. The zero-order valence-corrected chi connectivity index (χ0v) is 16.7. The molecule has 0 bridgehead atoms. The van der Waals surface area contributed by atoms with E-state index in [9.17, 15) is 14.4 Å². The summed E-state index contributed by atoms with van der Waals surface area (Å²) in [5.74, 6) is -1.14. The van der Waals surface area contributed by atoms with Crippen molar-refractivity contribution in [3.63, 3.8) is 0 Å². The van der Waals surface area contributed by atoms with Gasteiger partial charge in [0, 0.05) is 29.5 Å². The minimum atomic E-state index is -0.733. The standard InChI is InChI=1S/C23H25N3O3/c1-14-5-3-6-15(2)20(14)25-22(28)21(27)24-18-11-10-16-7-4-12-26(19(16)13-18)23(29)17-8-9-17/h3,5-6,10-11,13,17H,4,7-9,12H2,1-2H3,(H,24,27)(H,25,28). The lowest BCUT2D eigenvalue weighted by atomic mass is 10.0. The molecule has 6 nitrogen and oxygen atoms in total. The maximum absolute atomic E-state index is 12.6. The second-order valence-electron chi connectivity index (χ2n) is 7.89. The number of rotatable bonds is 3. The number of para-hydroxylation sites is 1. The first kappa shape index (κ1) is 19.2. The number of fused-ring (bicyclic) bond motifs is 1. The van der Waals surface area contributed by atoms with Crippen molar-refractivity contribution < 1.29 is 14.4 Å². The second-order valence-corrected chi connectivity index (χ2v) is 7.89. The highest BCUT2D eigenvalue weighted by molar-refractivity contribution is 6.43. The van der Waals surface area contributed by atoms with E-state index in [4.69, 9.17) is 0 Å². The Morgan fingerprint density at radius 1 is 0.966 bits per heavy atom. The van der Waals surface area contributed by atoms with Crippen LogP contribution in [0.4, 0.5) is 17.1 Å². The fraction of sp³-hybridized carbons (Fsp3) is 0.348. The van der Waals surface area contributed by atoms with Crippen molar-refractivity contribution in [2.24, 2.45) is 5.92 Å². The van der Waals surface area contributed by atoms with E-state index < -0.39 is 11.8 Å². The molecule has 0 unspecified atom stereocenters. The third kappa shape index (κ3) is 4.01. The molecule has 0 radical (unpaired) electrons. The Balaban J connectivity index is 1.49. The van der Waals surface area contributed by atoms with Gasteiger partial charge in [0.15, 0.2) is 0 Å². The van der Waals surface area contributed by atoms with E-state index in [0.29, 0.717) is 17.9 Å². The Bertz CT molecular complexity index is 975. The fourth-order valence-electron chi connectivity index (χ4n) is 3.80. The maximum Gasteiger partial charge on any atom is 0.314 e. The van der Waals surface area contributed by atoms with Crippen LogP contribution in [-0.4, -0.2) is 24.3 Å². The molecular weight excluding hydrogens is 366 g/mol. The first-order valence-corrected chi connectivity index (χ1v) is 10.1. The molecule has 0 spiro atoms. The highest BCUT2D eigenvalue weighted by Gasteiger charge is 2.35. The summed E-state index contributed by atoms with van der Waals surface area (Å²) in [5, 5.41) is 5.36. The van der Waals surface area contributed by atoms with Crippen molar-refractivity contribution in [2.45, 2.75) is 39.5 Å². The van der Waals surface area contributed by atoms with Gasteiger partial charge < -0.3 is 15.5 Å². The van der Waals surface area contributed by atoms with Gasteiger partial charge >= 0.3 is 11.8 Å². The maximum atomic E-state index is 12.6. The number of nitrogens with zero attached hydrogens (tertiary/aromatic N) is 1. The van der Waals surface area contributed by atoms with E-state index in [1.165, 1.54) is 0 Å². The van der Waals surface area contributed by atoms with Crippen LogP contribution in [0.1, 0.15) is 36.0 Å². The molecule has 1 saturated carbocycles. The van der Waals surface area contributed by atoms with Gasteiger partial charge in [0.1, 0.15) is 0 Å². The van der Waals surface area contributed by atoms with Crippen LogP contribution in [0.2, 0.25) is 0 Å². The Kier molecular flexibility index (Phi) is 5.09. The fourth-order valence-corrected chi connectivity index (χ4v) is 3.80. The summed E-state index contributed by atoms with van der Waals surface area (Å²) in [5.41, 5.74) is 4.91. The summed E-state index contributed by atoms with van der Waals surface area (Å²) >= 11 is 0. The molecule has 2 N–H and O–H groups in total. The number of anilines is 3. The van der Waals surface area contributed by atoms with Crippen molar-refractivity contribution in [1.82, 2.24) is 0 Å². The van der Waals surface area contributed by atoms with E-state index in [1.807, 2.05) is 43.0 Å². The largest absolute Gasteiger partial charge is 0.318 e. The van der Waals surface area contributed by atoms with Crippen LogP contribution in [0, 0.1) is 19.8 Å². The van der Waals surface area contributed by atoms with Gasteiger partial charge in [0.2, 0.25) is 5.91 Å². The Hall–Kier alpha value is -3.15. The lowest BCUT2D eigenvalue weighted by molar-refractivity contribution is -0.133. The van der Waals surface area contributed by atoms with Gasteiger partial charge in [-0.3, -0.25) is 14.4 Å². The molecule has 0 aromatic heterocycles. The van der Waals surface area contributed by atoms with Gasteiger partial charge in [-0.05, 0) is 68.4 Å². The molecule has 0 saturated heterocycles. The van der Waals surface area contributed by atoms with E-state index >= 15 is 0 Å². The Labute approximate surface area is 170 Å². The van der Waals surface area contributed by atoms with Gasteiger partial charge in [-0.25, -0.2) is 0 Å². The zero-order chi connectivity index (χ0) is 20.5. The number of nitrogens with one attached hydrogen (secondary N) is 2. The third-order valence-corrected chi connectivity index (χ3v) is 5.58. The van der Waals surface area contributed by atoms with Crippen LogP contribution in [0.3, 0.4) is 0 Å². The number of aryl methyl sites for hydroxylation is 3. The molecule has 0 atom stereocenters.